The molecule has 12 heteroatoms. The number of halogens is 2. The van der Waals surface area contributed by atoms with Gasteiger partial charge in [0.15, 0.2) is 5.69 Å². The smallest absolute Gasteiger partial charge is 0.274 e. The highest BCUT2D eigenvalue weighted by Crippen LogP contribution is 2.45. The maximum Gasteiger partial charge on any atom is 0.274 e. The molecule has 0 spiro atoms. The van der Waals surface area contributed by atoms with Gasteiger partial charge in [-0.25, -0.2) is 18.4 Å². The molecule has 1 amide bonds. The molecule has 3 N–H and O–H groups in total. The number of nitrogens with two attached hydrogens (primary N) is 1. The van der Waals surface area contributed by atoms with Crippen molar-refractivity contribution in [3.05, 3.63) is 83.6 Å². The van der Waals surface area contributed by atoms with Gasteiger partial charge in [0.2, 0.25) is 0 Å². The van der Waals surface area contributed by atoms with Gasteiger partial charge in [-0.3, -0.25) is 9.78 Å². The lowest BCUT2D eigenvalue weighted by Crippen LogP contribution is -2.43. The fourth-order valence-electron chi connectivity index (χ4n) is 5.82. The number of aromatic nitrogens is 5. The number of rotatable bonds is 1. The molecule has 0 radical (unpaired) electrons. The number of nitriles is 1. The average molecular weight is 543 g/mol. The highest BCUT2D eigenvalue weighted by atomic mass is 19.1. The minimum atomic E-state index is -0.792. The first-order chi connectivity index (χ1) is 19.4. The molecule has 6 rings (SSSR count). The number of benzene rings is 1. The van der Waals surface area contributed by atoms with Crippen LogP contribution < -0.4 is 15.8 Å². The number of nitrogens with zero attached hydrogens (tertiary/aromatic N) is 6. The van der Waals surface area contributed by atoms with Crippen LogP contribution in [0.15, 0.2) is 55.0 Å². The van der Waals surface area contributed by atoms with Gasteiger partial charge in [0, 0.05) is 12.2 Å². The summed E-state index contributed by atoms with van der Waals surface area (Å²) in [5, 5.41) is 20.2. The van der Waals surface area contributed by atoms with Gasteiger partial charge in [0.05, 0.1) is 36.3 Å². The third kappa shape index (κ3) is 4.65. The van der Waals surface area contributed by atoms with E-state index in [1.54, 1.807) is 23.3 Å². The molecule has 0 saturated heterocycles. The van der Waals surface area contributed by atoms with Crippen LogP contribution in [-0.2, 0) is 0 Å². The van der Waals surface area contributed by atoms with Gasteiger partial charge in [-0.05, 0) is 67.0 Å². The van der Waals surface area contributed by atoms with E-state index in [2.05, 4.69) is 25.6 Å². The Morgan fingerprint density at radius 2 is 2.02 bits per heavy atom. The quantitative estimate of drug-likeness (QED) is 0.367. The van der Waals surface area contributed by atoms with Crippen molar-refractivity contribution in [1.82, 2.24) is 25.0 Å². The normalized spacial score (nSPS) is 22.4. The first kappa shape index (κ1) is 25.5. The lowest BCUT2D eigenvalue weighted by molar-refractivity contribution is 0.102. The van der Waals surface area contributed by atoms with Crippen LogP contribution in [-0.4, -0.2) is 43.5 Å². The van der Waals surface area contributed by atoms with E-state index in [4.69, 9.17) is 10.5 Å². The standard InChI is InChI=1S/C28H24F2N8O2/c29-19-2-1-3-24-25(19)26-20(30)4-5-22(34-26)28(39)35-23-13-33-8-6-18(23)16-10-15(7-9-40-24)27(21(32)11-16)38-14-17(12-31)36-37-38/h1-6,8,13-16,21,27H,7,9-11,32H2,(H,35,39)/t15-,16+,21+,27-/m0/s1. The largest absolute Gasteiger partial charge is 0.493 e. The Balaban J connectivity index is 1.46. The van der Waals surface area contributed by atoms with Crippen LogP contribution in [0.3, 0.4) is 0 Å². The SMILES string of the molecule is N#Cc1cn([C@H]2[C@H]3CCOc4cccc(F)c4-c4nc(ccc4F)C(=O)Nc4cnccc4[C@H](C3)C[C@H]2N)nn1. The van der Waals surface area contributed by atoms with E-state index >= 15 is 4.39 Å². The number of nitrogens with one attached hydrogen (secondary N) is 1. The molecule has 4 bridgehead atoms. The zero-order valence-electron chi connectivity index (χ0n) is 21.2. The van der Waals surface area contributed by atoms with Crippen LogP contribution in [0.4, 0.5) is 14.5 Å². The number of amides is 1. The number of fused-ring (bicyclic) bond motifs is 8. The molecule has 1 saturated carbocycles. The fraction of sp³-hybridized carbons (Fsp3) is 0.286. The Labute approximate surface area is 227 Å². The van der Waals surface area contributed by atoms with Gasteiger partial charge in [-0.15, -0.1) is 5.10 Å². The van der Waals surface area contributed by atoms with Gasteiger partial charge in [0.25, 0.3) is 5.91 Å². The number of carbonyl (C=O) groups excluding carboxylic acids is 1. The molecule has 1 aromatic carbocycles. The second kappa shape index (κ2) is 10.4. The summed E-state index contributed by atoms with van der Waals surface area (Å²) in [6.07, 6.45) is 6.51. The molecule has 0 unspecified atom stereocenters. The summed E-state index contributed by atoms with van der Waals surface area (Å²) >= 11 is 0. The third-order valence-corrected chi connectivity index (χ3v) is 7.58. The molecular formula is C28H24F2N8O2. The topological polar surface area (TPSA) is 145 Å². The molecule has 2 aliphatic rings. The number of carbonyl (C=O) groups is 1. The molecule has 202 valence electrons. The van der Waals surface area contributed by atoms with E-state index in [9.17, 15) is 14.4 Å². The van der Waals surface area contributed by atoms with Crippen LogP contribution >= 0.6 is 0 Å². The summed E-state index contributed by atoms with van der Waals surface area (Å²) in [6.45, 7) is 0.165. The summed E-state index contributed by atoms with van der Waals surface area (Å²) in [5.74, 6) is -2.14. The third-order valence-electron chi connectivity index (χ3n) is 7.58. The predicted molar refractivity (Wildman–Crippen MR) is 139 cm³/mol. The number of ether oxygens (including phenoxy) is 1. The Morgan fingerprint density at radius 1 is 1.15 bits per heavy atom. The van der Waals surface area contributed by atoms with Gasteiger partial charge in [-0.2, -0.15) is 5.26 Å². The van der Waals surface area contributed by atoms with Crippen molar-refractivity contribution in [2.45, 2.75) is 37.3 Å². The summed E-state index contributed by atoms with van der Waals surface area (Å²) in [5.41, 5.74) is 7.67. The molecule has 10 nitrogen and oxygen atoms in total. The maximum absolute atomic E-state index is 15.1. The second-order valence-electron chi connectivity index (χ2n) is 9.97. The molecule has 1 aliphatic heterocycles. The van der Waals surface area contributed by atoms with Gasteiger partial charge < -0.3 is 15.8 Å². The van der Waals surface area contributed by atoms with Crippen LogP contribution in [0.25, 0.3) is 11.3 Å². The van der Waals surface area contributed by atoms with E-state index in [1.807, 2.05) is 12.1 Å². The monoisotopic (exact) mass is 542 g/mol. The number of anilines is 1. The molecule has 4 atom stereocenters. The predicted octanol–water partition coefficient (Wildman–Crippen LogP) is 3.98. The van der Waals surface area contributed by atoms with Crippen molar-refractivity contribution >= 4 is 11.6 Å². The van der Waals surface area contributed by atoms with Crippen molar-refractivity contribution in [2.24, 2.45) is 11.7 Å². The first-order valence-electron chi connectivity index (χ1n) is 12.8. The minimum absolute atomic E-state index is 0.0416. The van der Waals surface area contributed by atoms with Crippen LogP contribution in [0, 0.1) is 28.9 Å². The Bertz CT molecular complexity index is 1630. The number of hydrogen-bond acceptors (Lipinski definition) is 8. The molecule has 40 heavy (non-hydrogen) atoms. The highest BCUT2D eigenvalue weighted by molar-refractivity contribution is 6.03. The minimum Gasteiger partial charge on any atom is -0.493 e. The molecule has 3 aromatic heterocycles. The molecular weight excluding hydrogens is 518 g/mol. The Hall–Kier alpha value is -4.76. The van der Waals surface area contributed by atoms with Crippen LogP contribution in [0.5, 0.6) is 5.75 Å². The van der Waals surface area contributed by atoms with E-state index < -0.39 is 17.5 Å². The summed E-state index contributed by atoms with van der Waals surface area (Å²) in [6, 6.07) is 9.71. The lowest BCUT2D eigenvalue weighted by atomic mass is 9.71. The Kier molecular flexibility index (Phi) is 6.65. The zero-order valence-corrected chi connectivity index (χ0v) is 21.2. The fourth-order valence-corrected chi connectivity index (χ4v) is 5.82. The summed E-state index contributed by atoms with van der Waals surface area (Å²) in [4.78, 5) is 21.6. The van der Waals surface area contributed by atoms with Crippen LogP contribution in [0.2, 0.25) is 0 Å². The first-order valence-corrected chi connectivity index (χ1v) is 12.8. The highest BCUT2D eigenvalue weighted by Gasteiger charge is 2.39. The van der Waals surface area contributed by atoms with Gasteiger partial charge in [0.1, 0.15) is 34.8 Å². The molecule has 4 aromatic rings. The Morgan fingerprint density at radius 3 is 2.85 bits per heavy atom. The van der Waals surface area contributed by atoms with Crippen molar-refractivity contribution in [2.75, 3.05) is 11.9 Å². The second-order valence-corrected chi connectivity index (χ2v) is 9.97. The van der Waals surface area contributed by atoms with Crippen molar-refractivity contribution < 1.29 is 18.3 Å². The van der Waals surface area contributed by atoms with E-state index in [0.717, 1.165) is 11.6 Å². The van der Waals surface area contributed by atoms with Crippen LogP contribution in [0.1, 0.15) is 53.0 Å². The van der Waals surface area contributed by atoms with Gasteiger partial charge in [-0.1, -0.05) is 11.3 Å². The molecule has 4 heterocycles. The van der Waals surface area contributed by atoms with Crippen molar-refractivity contribution in [3.8, 4) is 23.1 Å². The number of pyridine rings is 2. The van der Waals surface area contributed by atoms with E-state index in [-0.39, 0.29) is 58.9 Å². The average Bonchev–Trinajstić information content (AvgIpc) is 3.42. The zero-order chi connectivity index (χ0) is 27.8. The van der Waals surface area contributed by atoms with E-state index in [0.29, 0.717) is 24.9 Å². The lowest BCUT2D eigenvalue weighted by Gasteiger charge is -2.40. The number of hydrogen-bond donors (Lipinski definition) is 2. The molecule has 1 aliphatic carbocycles. The molecule has 1 fully saturated rings. The summed E-state index contributed by atoms with van der Waals surface area (Å²) < 4.78 is 37.7. The van der Waals surface area contributed by atoms with Gasteiger partial charge >= 0.3 is 0 Å². The van der Waals surface area contributed by atoms with Crippen molar-refractivity contribution in [3.63, 3.8) is 0 Å². The maximum atomic E-state index is 15.1. The van der Waals surface area contributed by atoms with E-state index in [1.165, 1.54) is 24.3 Å². The summed E-state index contributed by atoms with van der Waals surface area (Å²) in [7, 11) is 0. The van der Waals surface area contributed by atoms with Crippen molar-refractivity contribution in [1.29, 1.82) is 5.26 Å².